The third kappa shape index (κ3) is 3.96. The van der Waals surface area contributed by atoms with Crippen molar-refractivity contribution < 1.29 is 27.9 Å². The summed E-state index contributed by atoms with van der Waals surface area (Å²) in [6.45, 7) is 3.34. The summed E-state index contributed by atoms with van der Waals surface area (Å²) >= 11 is 0. The Balaban J connectivity index is 2.24. The summed E-state index contributed by atoms with van der Waals surface area (Å²) in [6, 6.07) is 0. The Labute approximate surface area is 143 Å². The molecule has 0 spiro atoms. The highest BCUT2D eigenvalue weighted by Crippen LogP contribution is 2.32. The van der Waals surface area contributed by atoms with E-state index in [0.717, 1.165) is 4.68 Å². The first-order valence-corrected chi connectivity index (χ1v) is 8.13. The van der Waals surface area contributed by atoms with Gasteiger partial charge in [-0.05, 0) is 33.6 Å². The zero-order chi connectivity index (χ0) is 19.0. The molecular formula is C16H22F3N3O3. The van der Waals surface area contributed by atoms with Crippen molar-refractivity contribution in [3.8, 4) is 0 Å². The number of carboxylic acids is 1. The van der Waals surface area contributed by atoms with E-state index in [9.17, 15) is 27.9 Å². The third-order valence-electron chi connectivity index (χ3n) is 4.82. The highest BCUT2D eigenvalue weighted by atomic mass is 19.4. The zero-order valence-electron chi connectivity index (χ0n) is 14.4. The molecule has 0 aromatic carbocycles. The predicted molar refractivity (Wildman–Crippen MR) is 83.1 cm³/mol. The average molecular weight is 361 g/mol. The van der Waals surface area contributed by atoms with Crippen molar-refractivity contribution in [1.29, 1.82) is 0 Å². The largest absolute Gasteiger partial charge is 0.480 e. The lowest BCUT2D eigenvalue weighted by atomic mass is 9.93. The van der Waals surface area contributed by atoms with Crippen molar-refractivity contribution in [2.75, 3.05) is 0 Å². The van der Waals surface area contributed by atoms with Crippen molar-refractivity contribution in [1.82, 2.24) is 15.1 Å². The van der Waals surface area contributed by atoms with Crippen LogP contribution in [0.5, 0.6) is 0 Å². The molecule has 2 N–H and O–H groups in total. The van der Waals surface area contributed by atoms with Gasteiger partial charge in [-0.2, -0.15) is 18.3 Å². The first-order chi connectivity index (χ1) is 11.5. The van der Waals surface area contributed by atoms with Gasteiger partial charge in [-0.1, -0.05) is 12.8 Å². The molecule has 1 aromatic heterocycles. The minimum Gasteiger partial charge on any atom is -0.480 e. The normalized spacial score (nSPS) is 18.2. The Morgan fingerprint density at radius 2 is 1.88 bits per heavy atom. The quantitative estimate of drug-likeness (QED) is 0.845. The van der Waals surface area contributed by atoms with E-state index in [2.05, 4.69) is 10.4 Å². The van der Waals surface area contributed by atoms with Gasteiger partial charge in [-0.15, -0.1) is 0 Å². The SMILES string of the molecule is Cc1nn(CC(F)(F)F)c(C)c1C(C)C(=O)NC1(C(=O)O)CCCC1. The van der Waals surface area contributed by atoms with Crippen LogP contribution in [0.3, 0.4) is 0 Å². The molecule has 1 aromatic rings. The molecule has 1 fully saturated rings. The summed E-state index contributed by atoms with van der Waals surface area (Å²) in [5.74, 6) is -2.38. The van der Waals surface area contributed by atoms with Crippen LogP contribution in [0, 0.1) is 13.8 Å². The zero-order valence-corrected chi connectivity index (χ0v) is 14.4. The number of carbonyl (C=O) groups is 2. The van der Waals surface area contributed by atoms with E-state index in [0.29, 0.717) is 36.9 Å². The molecule has 1 aliphatic rings. The molecule has 1 unspecified atom stereocenters. The summed E-state index contributed by atoms with van der Waals surface area (Å²) in [6.07, 6.45) is -2.29. The number of halogens is 3. The van der Waals surface area contributed by atoms with Gasteiger partial charge in [0, 0.05) is 11.3 Å². The molecule has 0 bridgehead atoms. The number of rotatable bonds is 5. The fourth-order valence-electron chi connectivity index (χ4n) is 3.51. The molecule has 25 heavy (non-hydrogen) atoms. The van der Waals surface area contributed by atoms with Crippen LogP contribution in [-0.4, -0.2) is 38.5 Å². The van der Waals surface area contributed by atoms with E-state index >= 15 is 0 Å². The summed E-state index contributed by atoms with van der Waals surface area (Å²) in [5.41, 5.74) is -0.288. The maximum atomic E-state index is 12.6. The second-order valence-corrected chi connectivity index (χ2v) is 6.66. The Bertz CT molecular complexity index is 676. The molecule has 1 aliphatic carbocycles. The van der Waals surface area contributed by atoms with Gasteiger partial charge in [0.1, 0.15) is 12.1 Å². The van der Waals surface area contributed by atoms with E-state index in [1.165, 1.54) is 6.92 Å². The second-order valence-electron chi connectivity index (χ2n) is 6.66. The lowest BCUT2D eigenvalue weighted by molar-refractivity contribution is -0.147. The Morgan fingerprint density at radius 3 is 2.36 bits per heavy atom. The van der Waals surface area contributed by atoms with E-state index < -0.39 is 36.1 Å². The number of aromatic nitrogens is 2. The number of carbonyl (C=O) groups excluding carboxylic acids is 1. The van der Waals surface area contributed by atoms with Crippen molar-refractivity contribution in [3.05, 3.63) is 17.0 Å². The van der Waals surface area contributed by atoms with Gasteiger partial charge in [-0.25, -0.2) is 4.79 Å². The minimum atomic E-state index is -4.41. The third-order valence-corrected chi connectivity index (χ3v) is 4.82. The highest BCUT2D eigenvalue weighted by molar-refractivity contribution is 5.90. The van der Waals surface area contributed by atoms with Gasteiger partial charge >= 0.3 is 12.1 Å². The number of nitrogens with one attached hydrogen (secondary N) is 1. The predicted octanol–water partition coefficient (Wildman–Crippen LogP) is 2.68. The van der Waals surface area contributed by atoms with Crippen molar-refractivity contribution in [2.24, 2.45) is 0 Å². The lowest BCUT2D eigenvalue weighted by Crippen LogP contribution is -2.53. The number of hydrogen-bond acceptors (Lipinski definition) is 3. The van der Waals surface area contributed by atoms with E-state index in [1.54, 1.807) is 13.8 Å². The average Bonchev–Trinajstić information content (AvgIpc) is 3.03. The van der Waals surface area contributed by atoms with Crippen LogP contribution in [0.2, 0.25) is 0 Å². The van der Waals surface area contributed by atoms with Gasteiger partial charge in [0.05, 0.1) is 11.6 Å². The first kappa shape index (κ1) is 19.3. The summed E-state index contributed by atoms with van der Waals surface area (Å²) in [4.78, 5) is 24.1. The molecule has 1 saturated carbocycles. The number of carboxylic acid groups (broad SMARTS) is 1. The van der Waals surface area contributed by atoms with E-state index in [4.69, 9.17) is 0 Å². The topological polar surface area (TPSA) is 84.2 Å². The van der Waals surface area contributed by atoms with Gasteiger partial charge in [0.15, 0.2) is 0 Å². The molecule has 1 heterocycles. The second kappa shape index (κ2) is 6.68. The Hall–Kier alpha value is -2.06. The number of aryl methyl sites for hydroxylation is 1. The standard InChI is InChI=1S/C16H22F3N3O3/c1-9(13(23)20-15(14(24)25)6-4-5-7-15)12-10(2)21-22(11(12)3)8-16(17,18)19/h9H,4-8H2,1-3H3,(H,20,23)(H,24,25). The van der Waals surface area contributed by atoms with Crippen LogP contribution in [0.15, 0.2) is 0 Å². The number of nitrogens with zero attached hydrogens (tertiary/aromatic N) is 2. The molecule has 0 aliphatic heterocycles. The van der Waals surface area contributed by atoms with Crippen molar-refractivity contribution in [2.45, 2.75) is 70.6 Å². The summed E-state index contributed by atoms with van der Waals surface area (Å²) in [5, 5.41) is 15.9. The molecule has 6 nitrogen and oxygen atoms in total. The molecule has 0 saturated heterocycles. The van der Waals surface area contributed by atoms with Gasteiger partial charge in [0.2, 0.25) is 5.91 Å². The van der Waals surface area contributed by atoms with Crippen LogP contribution in [0.25, 0.3) is 0 Å². The van der Waals surface area contributed by atoms with Crippen LogP contribution >= 0.6 is 0 Å². The molecule has 1 amide bonds. The molecule has 9 heteroatoms. The lowest BCUT2D eigenvalue weighted by Gasteiger charge is -2.27. The number of hydrogen-bond donors (Lipinski definition) is 2. The van der Waals surface area contributed by atoms with Crippen LogP contribution in [-0.2, 0) is 16.1 Å². The smallest absolute Gasteiger partial charge is 0.408 e. The fourth-order valence-corrected chi connectivity index (χ4v) is 3.51. The van der Waals surface area contributed by atoms with Crippen LogP contribution in [0.1, 0.15) is 55.5 Å². The number of alkyl halides is 3. The van der Waals surface area contributed by atoms with Gasteiger partial charge in [-0.3, -0.25) is 9.48 Å². The van der Waals surface area contributed by atoms with E-state index in [-0.39, 0.29) is 5.69 Å². The molecule has 2 rings (SSSR count). The molecule has 140 valence electrons. The molecule has 0 radical (unpaired) electrons. The van der Waals surface area contributed by atoms with Gasteiger partial charge < -0.3 is 10.4 Å². The summed E-state index contributed by atoms with van der Waals surface area (Å²) < 4.78 is 38.7. The molecule has 1 atom stereocenters. The number of amides is 1. The number of aliphatic carboxylic acids is 1. The maximum Gasteiger partial charge on any atom is 0.408 e. The molecular weight excluding hydrogens is 339 g/mol. The minimum absolute atomic E-state index is 0.258. The first-order valence-electron chi connectivity index (χ1n) is 8.13. The maximum absolute atomic E-state index is 12.6. The van der Waals surface area contributed by atoms with Crippen molar-refractivity contribution >= 4 is 11.9 Å². The van der Waals surface area contributed by atoms with Gasteiger partial charge in [0.25, 0.3) is 0 Å². The Kier molecular flexibility index (Phi) is 5.15. The van der Waals surface area contributed by atoms with E-state index in [1.807, 2.05) is 0 Å². The summed E-state index contributed by atoms with van der Waals surface area (Å²) in [7, 11) is 0. The monoisotopic (exact) mass is 361 g/mol. The Morgan fingerprint density at radius 1 is 1.32 bits per heavy atom. The van der Waals surface area contributed by atoms with Crippen molar-refractivity contribution in [3.63, 3.8) is 0 Å². The van der Waals surface area contributed by atoms with Crippen LogP contribution < -0.4 is 5.32 Å². The highest BCUT2D eigenvalue weighted by Gasteiger charge is 2.43. The fraction of sp³-hybridized carbons (Fsp3) is 0.688. The van der Waals surface area contributed by atoms with Crippen LogP contribution in [0.4, 0.5) is 13.2 Å².